The van der Waals surface area contributed by atoms with E-state index in [1.807, 2.05) is 30.3 Å². The first-order valence-corrected chi connectivity index (χ1v) is 5.32. The van der Waals surface area contributed by atoms with Gasteiger partial charge in [0.15, 0.2) is 0 Å². The minimum atomic E-state index is 0.317. The van der Waals surface area contributed by atoms with Gasteiger partial charge in [0.05, 0.1) is 6.10 Å². The molecule has 0 bridgehead atoms. The molecule has 0 aromatic heterocycles. The molecule has 1 radical (unpaired) electrons. The van der Waals surface area contributed by atoms with Crippen molar-refractivity contribution in [2.24, 2.45) is 0 Å². The van der Waals surface area contributed by atoms with E-state index in [-0.39, 0.29) is 0 Å². The number of benzene rings is 1. The fourth-order valence-electron chi connectivity index (χ4n) is 1.40. The molecule has 1 aromatic carbocycles. The first kappa shape index (κ1) is 11.1. The van der Waals surface area contributed by atoms with Crippen LogP contribution in [-0.2, 0) is 0 Å². The van der Waals surface area contributed by atoms with Gasteiger partial charge >= 0.3 is 0 Å². The highest BCUT2D eigenvalue weighted by Gasteiger charge is 2.02. The molecule has 1 aromatic rings. The third kappa shape index (κ3) is 4.31. The quantitative estimate of drug-likeness (QED) is 0.621. The topological polar surface area (TPSA) is 9.23 Å². The van der Waals surface area contributed by atoms with Crippen LogP contribution in [0.3, 0.4) is 0 Å². The highest BCUT2D eigenvalue weighted by Crippen LogP contribution is 2.13. The SMILES string of the molecule is C[CH]CCCC(C)Oc1ccccc1. The van der Waals surface area contributed by atoms with E-state index in [2.05, 4.69) is 20.3 Å². The van der Waals surface area contributed by atoms with Crippen molar-refractivity contribution in [2.45, 2.75) is 39.2 Å². The van der Waals surface area contributed by atoms with Gasteiger partial charge in [-0.05, 0) is 38.3 Å². The Morgan fingerprint density at radius 3 is 2.64 bits per heavy atom. The van der Waals surface area contributed by atoms with E-state index >= 15 is 0 Å². The average molecular weight is 191 g/mol. The summed E-state index contributed by atoms with van der Waals surface area (Å²) in [7, 11) is 0. The average Bonchev–Trinajstić information content (AvgIpc) is 2.20. The van der Waals surface area contributed by atoms with Gasteiger partial charge in [-0.15, -0.1) is 0 Å². The maximum absolute atomic E-state index is 5.75. The molecule has 0 fully saturated rings. The summed E-state index contributed by atoms with van der Waals surface area (Å²) in [6.07, 6.45) is 6.04. The molecule has 1 atom stereocenters. The molecular formula is C13H19O. The van der Waals surface area contributed by atoms with E-state index < -0.39 is 0 Å². The third-order valence-electron chi connectivity index (χ3n) is 2.18. The van der Waals surface area contributed by atoms with Crippen LogP contribution in [0.1, 0.15) is 33.1 Å². The summed E-state index contributed by atoms with van der Waals surface area (Å²) >= 11 is 0. The van der Waals surface area contributed by atoms with Gasteiger partial charge in [-0.2, -0.15) is 0 Å². The number of para-hydroxylation sites is 1. The monoisotopic (exact) mass is 191 g/mol. The minimum absolute atomic E-state index is 0.317. The van der Waals surface area contributed by atoms with Crippen LogP contribution < -0.4 is 4.74 Å². The standard InChI is InChI=1S/C13H19O/c1-3-4-6-9-12(2)14-13-10-7-5-8-11-13/h3,5,7-8,10-12H,4,6,9H2,1-2H3. The van der Waals surface area contributed by atoms with Crippen LogP contribution in [0.25, 0.3) is 0 Å². The summed E-state index contributed by atoms with van der Waals surface area (Å²) in [5, 5.41) is 0. The van der Waals surface area contributed by atoms with Crippen molar-refractivity contribution >= 4 is 0 Å². The summed E-state index contributed by atoms with van der Waals surface area (Å²) in [5.74, 6) is 0.973. The maximum Gasteiger partial charge on any atom is 0.119 e. The minimum Gasteiger partial charge on any atom is -0.491 e. The van der Waals surface area contributed by atoms with Crippen molar-refractivity contribution in [1.82, 2.24) is 0 Å². The van der Waals surface area contributed by atoms with Crippen LogP contribution in [0.4, 0.5) is 0 Å². The molecule has 0 spiro atoms. The molecule has 0 aliphatic carbocycles. The lowest BCUT2D eigenvalue weighted by Crippen LogP contribution is -2.11. The Bertz CT molecular complexity index is 230. The zero-order valence-corrected chi connectivity index (χ0v) is 9.07. The number of hydrogen-bond acceptors (Lipinski definition) is 1. The molecule has 77 valence electrons. The Balaban J connectivity index is 2.23. The van der Waals surface area contributed by atoms with Crippen molar-refractivity contribution in [3.8, 4) is 5.75 Å². The molecule has 0 heterocycles. The zero-order chi connectivity index (χ0) is 10.2. The van der Waals surface area contributed by atoms with Gasteiger partial charge in [0, 0.05) is 0 Å². The Morgan fingerprint density at radius 2 is 2.00 bits per heavy atom. The smallest absolute Gasteiger partial charge is 0.119 e. The van der Waals surface area contributed by atoms with Gasteiger partial charge in [-0.3, -0.25) is 0 Å². The highest BCUT2D eigenvalue weighted by atomic mass is 16.5. The van der Waals surface area contributed by atoms with Crippen LogP contribution in [0, 0.1) is 6.42 Å². The molecule has 1 rings (SSSR count). The van der Waals surface area contributed by atoms with E-state index in [1.54, 1.807) is 0 Å². The predicted molar refractivity (Wildman–Crippen MR) is 60.4 cm³/mol. The Labute approximate surface area is 87.1 Å². The van der Waals surface area contributed by atoms with Crippen molar-refractivity contribution in [3.05, 3.63) is 36.8 Å². The van der Waals surface area contributed by atoms with Crippen molar-refractivity contribution < 1.29 is 4.74 Å². The Kier molecular flexibility index (Phi) is 5.13. The molecule has 0 aliphatic heterocycles. The number of ether oxygens (including phenoxy) is 1. The lowest BCUT2D eigenvalue weighted by molar-refractivity contribution is 0.208. The fourth-order valence-corrected chi connectivity index (χ4v) is 1.40. The van der Waals surface area contributed by atoms with E-state index in [1.165, 1.54) is 12.8 Å². The fraction of sp³-hybridized carbons (Fsp3) is 0.462. The molecule has 0 saturated carbocycles. The first-order valence-electron chi connectivity index (χ1n) is 5.32. The summed E-state index contributed by atoms with van der Waals surface area (Å²) < 4.78 is 5.75. The second-order valence-electron chi connectivity index (χ2n) is 3.58. The van der Waals surface area contributed by atoms with Gasteiger partial charge in [0.1, 0.15) is 5.75 Å². The van der Waals surface area contributed by atoms with Gasteiger partial charge in [0.2, 0.25) is 0 Å². The number of rotatable bonds is 6. The first-order chi connectivity index (χ1) is 6.83. The summed E-state index contributed by atoms with van der Waals surface area (Å²) in [6, 6.07) is 10.0. The lowest BCUT2D eigenvalue weighted by Gasteiger charge is -2.13. The van der Waals surface area contributed by atoms with Crippen LogP contribution in [0.5, 0.6) is 5.75 Å². The normalized spacial score (nSPS) is 12.4. The maximum atomic E-state index is 5.75. The molecule has 14 heavy (non-hydrogen) atoms. The summed E-state index contributed by atoms with van der Waals surface area (Å²) in [5.41, 5.74) is 0. The van der Waals surface area contributed by atoms with Gasteiger partial charge in [-0.1, -0.05) is 31.5 Å². The molecule has 0 saturated heterocycles. The van der Waals surface area contributed by atoms with Crippen molar-refractivity contribution in [2.75, 3.05) is 0 Å². The molecular weight excluding hydrogens is 172 g/mol. The van der Waals surface area contributed by atoms with E-state index in [9.17, 15) is 0 Å². The van der Waals surface area contributed by atoms with E-state index in [4.69, 9.17) is 4.74 Å². The van der Waals surface area contributed by atoms with Crippen molar-refractivity contribution in [1.29, 1.82) is 0 Å². The zero-order valence-electron chi connectivity index (χ0n) is 9.07. The molecule has 0 N–H and O–H groups in total. The van der Waals surface area contributed by atoms with Crippen LogP contribution >= 0.6 is 0 Å². The molecule has 1 heteroatoms. The highest BCUT2D eigenvalue weighted by molar-refractivity contribution is 5.21. The third-order valence-corrected chi connectivity index (χ3v) is 2.18. The van der Waals surface area contributed by atoms with E-state index in [0.717, 1.165) is 12.2 Å². The van der Waals surface area contributed by atoms with Gasteiger partial charge in [-0.25, -0.2) is 0 Å². The number of unbranched alkanes of at least 4 members (excludes halogenated alkanes) is 2. The molecule has 1 unspecified atom stereocenters. The van der Waals surface area contributed by atoms with Crippen LogP contribution in [-0.4, -0.2) is 6.10 Å². The molecule has 0 amide bonds. The van der Waals surface area contributed by atoms with Gasteiger partial charge in [0.25, 0.3) is 0 Å². The lowest BCUT2D eigenvalue weighted by atomic mass is 10.1. The molecule has 0 aliphatic rings. The Morgan fingerprint density at radius 1 is 1.29 bits per heavy atom. The van der Waals surface area contributed by atoms with Crippen molar-refractivity contribution in [3.63, 3.8) is 0 Å². The van der Waals surface area contributed by atoms with Crippen LogP contribution in [0.15, 0.2) is 30.3 Å². The second-order valence-corrected chi connectivity index (χ2v) is 3.58. The molecule has 1 nitrogen and oxygen atoms in total. The Hall–Kier alpha value is -0.980. The van der Waals surface area contributed by atoms with Crippen LogP contribution in [0.2, 0.25) is 0 Å². The summed E-state index contributed by atoms with van der Waals surface area (Å²) in [6.45, 7) is 4.23. The number of hydrogen-bond donors (Lipinski definition) is 0. The summed E-state index contributed by atoms with van der Waals surface area (Å²) in [4.78, 5) is 0. The second kappa shape index (κ2) is 6.47. The largest absolute Gasteiger partial charge is 0.491 e. The predicted octanol–water partition coefficient (Wildman–Crippen LogP) is 3.85. The van der Waals surface area contributed by atoms with Gasteiger partial charge < -0.3 is 4.74 Å². The van der Waals surface area contributed by atoms with E-state index in [0.29, 0.717) is 6.10 Å².